The van der Waals surface area contributed by atoms with Crippen LogP contribution in [0, 0.1) is 0 Å². The summed E-state index contributed by atoms with van der Waals surface area (Å²) in [6.07, 6.45) is 1.16. The van der Waals surface area contributed by atoms with Gasteiger partial charge in [0.2, 0.25) is 0 Å². The van der Waals surface area contributed by atoms with Crippen LogP contribution in [-0.4, -0.2) is 46.5 Å². The summed E-state index contributed by atoms with van der Waals surface area (Å²) in [6, 6.07) is -0.0757. The van der Waals surface area contributed by atoms with Gasteiger partial charge in [0.25, 0.3) is 0 Å². The van der Waals surface area contributed by atoms with Crippen LogP contribution in [-0.2, 0) is 4.57 Å². The predicted octanol–water partition coefficient (Wildman–Crippen LogP) is -0.413. The van der Waals surface area contributed by atoms with Crippen LogP contribution in [0.15, 0.2) is 0 Å². The molecule has 0 aromatic heterocycles. The minimum absolute atomic E-state index is 0.0757. The summed E-state index contributed by atoms with van der Waals surface area (Å²) >= 11 is 0. The van der Waals surface area contributed by atoms with Crippen molar-refractivity contribution < 1.29 is 14.4 Å². The van der Waals surface area contributed by atoms with Gasteiger partial charge in [-0.1, -0.05) is 0 Å². The van der Waals surface area contributed by atoms with E-state index < -0.39 is 7.60 Å². The maximum atomic E-state index is 10.5. The molecule has 1 saturated heterocycles. The predicted molar refractivity (Wildman–Crippen MR) is 50.6 cm³/mol. The Morgan fingerprint density at radius 2 is 2.00 bits per heavy atom. The average Bonchev–Trinajstić information content (AvgIpc) is 2.78. The Kier molecular flexibility index (Phi) is 3.88. The molecule has 1 rings (SSSR count). The van der Waals surface area contributed by atoms with Crippen molar-refractivity contribution in [3.63, 3.8) is 0 Å². The smallest absolute Gasteiger partial charge is 0.325 e. The third-order valence-corrected chi connectivity index (χ3v) is 2.99. The van der Waals surface area contributed by atoms with Crippen LogP contribution in [0.25, 0.3) is 0 Å². The Morgan fingerprint density at radius 3 is 2.46 bits per heavy atom. The zero-order chi connectivity index (χ0) is 9.90. The van der Waals surface area contributed by atoms with E-state index in [1.807, 2.05) is 0 Å². The van der Waals surface area contributed by atoms with Crippen LogP contribution in [0.5, 0.6) is 0 Å². The monoisotopic (exact) mass is 208 g/mol. The largest absolute Gasteiger partial charge is 0.328 e. The lowest BCUT2D eigenvalue weighted by molar-refractivity contribution is 0.367. The van der Waals surface area contributed by atoms with Gasteiger partial charge < -0.3 is 20.4 Å². The minimum atomic E-state index is -3.84. The number of hydrogen-bond acceptors (Lipinski definition) is 3. The van der Waals surface area contributed by atoms with Crippen molar-refractivity contribution in [2.45, 2.75) is 18.9 Å². The van der Waals surface area contributed by atoms with Crippen molar-refractivity contribution in [1.82, 2.24) is 4.90 Å². The van der Waals surface area contributed by atoms with Crippen molar-refractivity contribution in [1.29, 1.82) is 0 Å². The molecule has 1 atom stereocenters. The second-order valence-electron chi connectivity index (χ2n) is 3.57. The fraction of sp³-hybridized carbons (Fsp3) is 1.00. The molecule has 0 saturated carbocycles. The SMILES string of the molecule is NC(CCN1CC1)CCP(=O)(O)O. The van der Waals surface area contributed by atoms with Crippen molar-refractivity contribution >= 4 is 7.60 Å². The zero-order valence-corrected chi connectivity index (χ0v) is 8.49. The Labute approximate surface area is 78.1 Å². The molecule has 0 aromatic carbocycles. The van der Waals surface area contributed by atoms with Crippen LogP contribution in [0.1, 0.15) is 12.8 Å². The molecule has 6 heteroatoms. The van der Waals surface area contributed by atoms with Gasteiger partial charge in [-0.25, -0.2) is 0 Å². The first-order chi connectivity index (χ1) is 5.97. The van der Waals surface area contributed by atoms with E-state index in [2.05, 4.69) is 4.90 Å². The third kappa shape index (κ3) is 6.18. The average molecular weight is 208 g/mol. The molecule has 0 aromatic rings. The van der Waals surface area contributed by atoms with Crippen LogP contribution in [0.2, 0.25) is 0 Å². The van der Waals surface area contributed by atoms with Gasteiger partial charge >= 0.3 is 7.60 Å². The molecule has 0 aliphatic carbocycles. The van der Waals surface area contributed by atoms with Crippen molar-refractivity contribution in [2.75, 3.05) is 25.8 Å². The Hall–Kier alpha value is 0.0700. The topological polar surface area (TPSA) is 86.6 Å². The van der Waals surface area contributed by atoms with E-state index in [0.29, 0.717) is 6.42 Å². The van der Waals surface area contributed by atoms with Gasteiger partial charge in [0.15, 0.2) is 0 Å². The Balaban J connectivity index is 2.02. The van der Waals surface area contributed by atoms with Crippen LogP contribution >= 0.6 is 7.60 Å². The Bertz CT molecular complexity index is 202. The third-order valence-electron chi connectivity index (χ3n) is 2.15. The summed E-state index contributed by atoms with van der Waals surface area (Å²) in [6.45, 7) is 3.25. The van der Waals surface area contributed by atoms with Crippen molar-refractivity contribution in [3.8, 4) is 0 Å². The molecule has 78 valence electrons. The van der Waals surface area contributed by atoms with E-state index in [9.17, 15) is 4.57 Å². The highest BCUT2D eigenvalue weighted by molar-refractivity contribution is 7.51. The van der Waals surface area contributed by atoms with Crippen LogP contribution in [0.3, 0.4) is 0 Å². The quantitative estimate of drug-likeness (QED) is 0.408. The van der Waals surface area contributed by atoms with Gasteiger partial charge in [0.05, 0.1) is 6.16 Å². The maximum Gasteiger partial charge on any atom is 0.325 e. The van der Waals surface area contributed by atoms with E-state index in [0.717, 1.165) is 26.1 Å². The molecule has 1 heterocycles. The fourth-order valence-electron chi connectivity index (χ4n) is 1.12. The molecule has 0 radical (unpaired) electrons. The van der Waals surface area contributed by atoms with E-state index in [-0.39, 0.29) is 12.2 Å². The molecule has 0 spiro atoms. The number of nitrogens with two attached hydrogens (primary N) is 1. The van der Waals surface area contributed by atoms with Gasteiger partial charge in [-0.3, -0.25) is 4.57 Å². The van der Waals surface area contributed by atoms with Gasteiger partial charge in [0, 0.05) is 19.1 Å². The lowest BCUT2D eigenvalue weighted by Crippen LogP contribution is -2.24. The molecule has 4 N–H and O–H groups in total. The van der Waals surface area contributed by atoms with Crippen LogP contribution in [0.4, 0.5) is 0 Å². The summed E-state index contributed by atoms with van der Waals surface area (Å²) in [5.74, 6) is 0. The second kappa shape index (κ2) is 4.53. The van der Waals surface area contributed by atoms with Gasteiger partial charge in [0.1, 0.15) is 0 Å². The lowest BCUT2D eigenvalue weighted by Gasteiger charge is -2.11. The molecule has 1 unspecified atom stereocenters. The van der Waals surface area contributed by atoms with E-state index in [1.54, 1.807) is 0 Å². The maximum absolute atomic E-state index is 10.5. The van der Waals surface area contributed by atoms with Gasteiger partial charge in [-0.05, 0) is 19.4 Å². The molecular formula is C7H17N2O3P. The molecule has 13 heavy (non-hydrogen) atoms. The lowest BCUT2D eigenvalue weighted by atomic mass is 10.2. The Morgan fingerprint density at radius 1 is 1.38 bits per heavy atom. The summed E-state index contributed by atoms with van der Waals surface area (Å²) in [7, 11) is -3.84. The summed E-state index contributed by atoms with van der Waals surface area (Å²) in [5.41, 5.74) is 5.69. The van der Waals surface area contributed by atoms with E-state index >= 15 is 0 Å². The summed E-state index contributed by atoms with van der Waals surface area (Å²) < 4.78 is 10.5. The molecule has 1 aliphatic rings. The fourth-order valence-corrected chi connectivity index (χ4v) is 1.79. The first kappa shape index (κ1) is 11.1. The summed E-state index contributed by atoms with van der Waals surface area (Å²) in [5, 5.41) is 0. The molecule has 1 aliphatic heterocycles. The van der Waals surface area contributed by atoms with E-state index in [4.69, 9.17) is 15.5 Å². The van der Waals surface area contributed by atoms with Crippen LogP contribution < -0.4 is 5.73 Å². The number of nitrogens with zero attached hydrogens (tertiary/aromatic N) is 1. The molecule has 0 bridgehead atoms. The summed E-state index contributed by atoms with van der Waals surface area (Å²) in [4.78, 5) is 19.5. The molecule has 5 nitrogen and oxygen atoms in total. The normalized spacial score (nSPS) is 20.2. The standard InChI is InChI=1S/C7H17N2O3P/c8-7(1-3-9-4-5-9)2-6-13(10,11)12/h7H,1-6,8H2,(H2,10,11,12). The number of hydrogen-bond donors (Lipinski definition) is 3. The van der Waals surface area contributed by atoms with Gasteiger partial charge in [-0.15, -0.1) is 0 Å². The minimum Gasteiger partial charge on any atom is -0.328 e. The first-order valence-corrected chi connectivity index (χ1v) is 6.29. The highest BCUT2D eigenvalue weighted by atomic mass is 31.2. The van der Waals surface area contributed by atoms with Gasteiger partial charge in [-0.2, -0.15) is 0 Å². The van der Waals surface area contributed by atoms with Crippen molar-refractivity contribution in [2.24, 2.45) is 5.73 Å². The molecular weight excluding hydrogens is 191 g/mol. The zero-order valence-electron chi connectivity index (χ0n) is 7.59. The second-order valence-corrected chi connectivity index (χ2v) is 5.34. The first-order valence-electron chi connectivity index (χ1n) is 4.50. The molecule has 0 amide bonds. The van der Waals surface area contributed by atoms with Crippen molar-refractivity contribution in [3.05, 3.63) is 0 Å². The number of rotatable bonds is 6. The highest BCUT2D eigenvalue weighted by Gasteiger charge is 2.19. The molecule has 1 fully saturated rings. The van der Waals surface area contributed by atoms with E-state index in [1.165, 1.54) is 0 Å². The highest BCUT2D eigenvalue weighted by Crippen LogP contribution is 2.35.